The number of hydrogen-bond acceptors (Lipinski definition) is 5. The van der Waals surface area contributed by atoms with E-state index in [1.54, 1.807) is 11.3 Å². The van der Waals surface area contributed by atoms with Gasteiger partial charge in [0, 0.05) is 43.3 Å². The van der Waals surface area contributed by atoms with Gasteiger partial charge < -0.3 is 10.1 Å². The molecule has 108 valence electrons. The Bertz CT molecular complexity index is 336. The van der Waals surface area contributed by atoms with Crippen LogP contribution in [-0.2, 0) is 11.3 Å². The topological polar surface area (TPSA) is 37.4 Å². The summed E-state index contributed by atoms with van der Waals surface area (Å²) in [5, 5.41) is 3.58. The molecule has 19 heavy (non-hydrogen) atoms. The first-order valence-electron chi connectivity index (χ1n) is 7.15. The van der Waals surface area contributed by atoms with Gasteiger partial charge in [-0.3, -0.25) is 9.88 Å². The highest BCUT2D eigenvalue weighted by molar-refractivity contribution is 7.09. The lowest BCUT2D eigenvalue weighted by Gasteiger charge is -2.35. The van der Waals surface area contributed by atoms with Crippen molar-refractivity contribution >= 4 is 11.3 Å². The molecule has 5 heteroatoms. The minimum absolute atomic E-state index is 0.622. The summed E-state index contributed by atoms with van der Waals surface area (Å²) < 4.78 is 5.45. The van der Waals surface area contributed by atoms with Crippen LogP contribution in [-0.4, -0.2) is 48.8 Å². The third-order valence-electron chi connectivity index (χ3n) is 3.47. The first-order chi connectivity index (χ1) is 9.25. The van der Waals surface area contributed by atoms with Gasteiger partial charge in [-0.2, -0.15) is 0 Å². The van der Waals surface area contributed by atoms with Crippen LogP contribution in [0.2, 0.25) is 0 Å². The second kappa shape index (κ2) is 7.94. The summed E-state index contributed by atoms with van der Waals surface area (Å²) in [6, 6.07) is 0.622. The molecule has 1 aliphatic heterocycles. The Kier molecular flexibility index (Phi) is 6.23. The van der Waals surface area contributed by atoms with Crippen LogP contribution in [0.25, 0.3) is 0 Å². The van der Waals surface area contributed by atoms with Gasteiger partial charge in [0.2, 0.25) is 0 Å². The number of rotatable bonds is 7. The molecule has 0 aromatic carbocycles. The summed E-state index contributed by atoms with van der Waals surface area (Å²) in [6.07, 6.45) is 3.19. The number of morpholine rings is 1. The highest BCUT2D eigenvalue weighted by atomic mass is 32.1. The molecular formula is C14H25N3OS. The van der Waals surface area contributed by atoms with Crippen molar-refractivity contribution in [3.05, 3.63) is 16.6 Å². The third-order valence-corrected chi connectivity index (χ3v) is 4.25. The van der Waals surface area contributed by atoms with Gasteiger partial charge in [-0.25, -0.2) is 0 Å². The average molecular weight is 283 g/mol. The molecule has 1 aromatic heterocycles. The maximum Gasteiger partial charge on any atom is 0.0794 e. The SMILES string of the molecule is CC(C)CC(CNCc1cncs1)N1CCOCC1. The molecule has 1 saturated heterocycles. The van der Waals surface area contributed by atoms with Crippen LogP contribution in [0.15, 0.2) is 11.7 Å². The lowest BCUT2D eigenvalue weighted by molar-refractivity contribution is 0.0123. The molecule has 1 aliphatic rings. The molecule has 1 unspecified atom stereocenters. The number of thiazole rings is 1. The molecule has 1 aromatic rings. The zero-order chi connectivity index (χ0) is 13.5. The smallest absolute Gasteiger partial charge is 0.0794 e. The zero-order valence-electron chi connectivity index (χ0n) is 12.0. The van der Waals surface area contributed by atoms with Crippen molar-refractivity contribution in [1.29, 1.82) is 0 Å². The molecule has 0 bridgehead atoms. The van der Waals surface area contributed by atoms with E-state index >= 15 is 0 Å². The molecule has 1 N–H and O–H groups in total. The van der Waals surface area contributed by atoms with Crippen LogP contribution in [0.5, 0.6) is 0 Å². The van der Waals surface area contributed by atoms with Crippen LogP contribution >= 0.6 is 11.3 Å². The summed E-state index contributed by atoms with van der Waals surface area (Å²) in [4.78, 5) is 7.99. The van der Waals surface area contributed by atoms with Gasteiger partial charge in [0.1, 0.15) is 0 Å². The van der Waals surface area contributed by atoms with E-state index in [-0.39, 0.29) is 0 Å². The monoisotopic (exact) mass is 283 g/mol. The van der Waals surface area contributed by atoms with E-state index in [4.69, 9.17) is 4.74 Å². The largest absolute Gasteiger partial charge is 0.379 e. The van der Waals surface area contributed by atoms with E-state index in [1.165, 1.54) is 11.3 Å². The highest BCUT2D eigenvalue weighted by Crippen LogP contribution is 2.13. The van der Waals surface area contributed by atoms with Crippen LogP contribution < -0.4 is 5.32 Å². The quantitative estimate of drug-likeness (QED) is 0.830. The molecule has 0 saturated carbocycles. The van der Waals surface area contributed by atoms with E-state index < -0.39 is 0 Å². The van der Waals surface area contributed by atoms with Gasteiger partial charge in [-0.15, -0.1) is 11.3 Å². The standard InChI is InChI=1S/C14H25N3OS/c1-12(2)7-13(17-3-5-18-6-4-17)8-15-9-14-10-16-11-19-14/h10-13,15H,3-9H2,1-2H3. The Morgan fingerprint density at radius 2 is 2.21 bits per heavy atom. The fraction of sp³-hybridized carbons (Fsp3) is 0.786. The van der Waals surface area contributed by atoms with E-state index in [1.807, 2.05) is 11.7 Å². The molecular weight excluding hydrogens is 258 g/mol. The number of ether oxygens (including phenoxy) is 1. The average Bonchev–Trinajstić information content (AvgIpc) is 2.91. The molecule has 0 amide bonds. The van der Waals surface area contributed by atoms with Crippen LogP contribution in [0.1, 0.15) is 25.1 Å². The molecule has 2 rings (SSSR count). The van der Waals surface area contributed by atoms with Crippen LogP contribution in [0, 0.1) is 5.92 Å². The lowest BCUT2D eigenvalue weighted by atomic mass is 10.0. The van der Waals surface area contributed by atoms with Gasteiger partial charge in [0.25, 0.3) is 0 Å². The predicted octanol–water partition coefficient (Wildman–Crippen LogP) is 1.98. The number of nitrogens with one attached hydrogen (secondary N) is 1. The van der Waals surface area contributed by atoms with Crippen LogP contribution in [0.4, 0.5) is 0 Å². The fourth-order valence-corrected chi connectivity index (χ4v) is 3.10. The maximum atomic E-state index is 5.45. The van der Waals surface area contributed by atoms with Gasteiger partial charge in [0.05, 0.1) is 18.7 Å². The van der Waals surface area contributed by atoms with Gasteiger partial charge in [-0.05, 0) is 12.3 Å². The Labute approximate surface area is 120 Å². The van der Waals surface area contributed by atoms with E-state index in [0.29, 0.717) is 6.04 Å². The molecule has 0 radical (unpaired) electrons. The highest BCUT2D eigenvalue weighted by Gasteiger charge is 2.21. The van der Waals surface area contributed by atoms with E-state index in [0.717, 1.165) is 45.3 Å². The first-order valence-corrected chi connectivity index (χ1v) is 8.03. The fourth-order valence-electron chi connectivity index (χ4n) is 2.54. The second-order valence-electron chi connectivity index (χ2n) is 5.53. The molecule has 1 fully saturated rings. The second-order valence-corrected chi connectivity index (χ2v) is 6.50. The van der Waals surface area contributed by atoms with Crippen molar-refractivity contribution in [2.24, 2.45) is 5.92 Å². The summed E-state index contributed by atoms with van der Waals surface area (Å²) >= 11 is 1.72. The Balaban J connectivity index is 1.79. The molecule has 1 atom stereocenters. The van der Waals surface area contributed by atoms with Crippen molar-refractivity contribution in [3.8, 4) is 0 Å². The minimum atomic E-state index is 0.622. The Morgan fingerprint density at radius 3 is 2.84 bits per heavy atom. The summed E-state index contributed by atoms with van der Waals surface area (Å²) in [5.74, 6) is 0.734. The normalized spacial score (nSPS) is 18.9. The first kappa shape index (κ1) is 14.9. The van der Waals surface area contributed by atoms with E-state index in [2.05, 4.69) is 29.0 Å². The minimum Gasteiger partial charge on any atom is -0.379 e. The zero-order valence-corrected chi connectivity index (χ0v) is 12.8. The lowest BCUT2D eigenvalue weighted by Crippen LogP contribution is -2.48. The summed E-state index contributed by atoms with van der Waals surface area (Å²) in [7, 11) is 0. The van der Waals surface area contributed by atoms with Crippen molar-refractivity contribution in [3.63, 3.8) is 0 Å². The third kappa shape index (κ3) is 5.18. The number of hydrogen-bond donors (Lipinski definition) is 1. The molecule has 0 spiro atoms. The molecule has 4 nitrogen and oxygen atoms in total. The van der Waals surface area contributed by atoms with Gasteiger partial charge in [-0.1, -0.05) is 13.8 Å². The van der Waals surface area contributed by atoms with Gasteiger partial charge in [0.15, 0.2) is 0 Å². The van der Waals surface area contributed by atoms with Crippen molar-refractivity contribution in [2.45, 2.75) is 32.9 Å². The number of nitrogens with zero attached hydrogens (tertiary/aromatic N) is 2. The molecule has 0 aliphatic carbocycles. The summed E-state index contributed by atoms with van der Waals surface area (Å²) in [6.45, 7) is 10.5. The Hall–Kier alpha value is -0.490. The van der Waals surface area contributed by atoms with Crippen molar-refractivity contribution < 1.29 is 4.74 Å². The van der Waals surface area contributed by atoms with Crippen LogP contribution in [0.3, 0.4) is 0 Å². The number of aromatic nitrogens is 1. The van der Waals surface area contributed by atoms with Crippen molar-refractivity contribution in [2.75, 3.05) is 32.8 Å². The molecule has 2 heterocycles. The van der Waals surface area contributed by atoms with E-state index in [9.17, 15) is 0 Å². The van der Waals surface area contributed by atoms with Gasteiger partial charge >= 0.3 is 0 Å². The predicted molar refractivity (Wildman–Crippen MR) is 79.5 cm³/mol. The maximum absolute atomic E-state index is 5.45. The van der Waals surface area contributed by atoms with Crippen molar-refractivity contribution in [1.82, 2.24) is 15.2 Å². The summed E-state index contributed by atoms with van der Waals surface area (Å²) in [5.41, 5.74) is 1.89. The Morgan fingerprint density at radius 1 is 1.42 bits per heavy atom.